The molecule has 188 valence electrons. The maximum atomic E-state index is 13.1. The number of ether oxygens (including phenoxy) is 1. The van der Waals surface area contributed by atoms with Gasteiger partial charge in [-0.3, -0.25) is 4.79 Å². The molecule has 0 unspecified atom stereocenters. The van der Waals surface area contributed by atoms with Crippen LogP contribution in [0, 0.1) is 20.8 Å². The number of nitrogens with one attached hydrogen (secondary N) is 1. The van der Waals surface area contributed by atoms with Crippen molar-refractivity contribution in [2.75, 3.05) is 11.9 Å². The summed E-state index contributed by atoms with van der Waals surface area (Å²) >= 11 is 0. The van der Waals surface area contributed by atoms with E-state index in [4.69, 9.17) is 4.74 Å². The Morgan fingerprint density at radius 3 is 2.57 bits per heavy atom. The largest absolute Gasteiger partial charge is 0.494 e. The molecule has 5 rings (SSSR count). The molecule has 0 saturated heterocycles. The second kappa shape index (κ2) is 10.2. The molecule has 3 aromatic heterocycles. The van der Waals surface area contributed by atoms with Gasteiger partial charge in [-0.05, 0) is 63.1 Å². The normalized spacial score (nSPS) is 11.1. The van der Waals surface area contributed by atoms with Gasteiger partial charge in [-0.1, -0.05) is 31.0 Å². The van der Waals surface area contributed by atoms with Crippen LogP contribution in [0.15, 0.2) is 61.1 Å². The van der Waals surface area contributed by atoms with Crippen molar-refractivity contribution in [3.8, 4) is 17.3 Å². The number of anilines is 1. The third kappa shape index (κ3) is 4.93. The van der Waals surface area contributed by atoms with Crippen LogP contribution in [0.3, 0.4) is 0 Å². The number of unbranched alkanes of at least 4 members (excludes halogenated alkanes) is 1. The van der Waals surface area contributed by atoms with Gasteiger partial charge >= 0.3 is 0 Å². The molecular weight excluding hydrogens is 466 g/mol. The van der Waals surface area contributed by atoms with Crippen LogP contribution in [0.25, 0.3) is 22.5 Å². The molecule has 0 saturated carbocycles. The lowest BCUT2D eigenvalue weighted by Crippen LogP contribution is -2.15. The molecule has 0 aliphatic heterocycles. The molecule has 9 heteroatoms. The second-order valence-corrected chi connectivity index (χ2v) is 9.04. The molecule has 0 bridgehead atoms. The molecule has 1 amide bonds. The van der Waals surface area contributed by atoms with Gasteiger partial charge in [-0.2, -0.15) is 14.9 Å². The van der Waals surface area contributed by atoms with Crippen molar-refractivity contribution in [1.82, 2.24) is 29.5 Å². The predicted molar refractivity (Wildman–Crippen MR) is 143 cm³/mol. The molecule has 0 radical (unpaired) electrons. The van der Waals surface area contributed by atoms with Crippen molar-refractivity contribution in [1.29, 1.82) is 0 Å². The van der Waals surface area contributed by atoms with Gasteiger partial charge in [0.05, 0.1) is 29.6 Å². The van der Waals surface area contributed by atoms with Gasteiger partial charge in [-0.15, -0.1) is 0 Å². The topological polar surface area (TPSA) is 99.8 Å². The molecular formula is C28H29N7O2. The van der Waals surface area contributed by atoms with E-state index in [9.17, 15) is 4.79 Å². The minimum Gasteiger partial charge on any atom is -0.494 e. The first kappa shape index (κ1) is 24.2. The van der Waals surface area contributed by atoms with Crippen LogP contribution in [-0.4, -0.2) is 42.0 Å². The highest BCUT2D eigenvalue weighted by Crippen LogP contribution is 2.26. The minimum atomic E-state index is -0.252. The van der Waals surface area contributed by atoms with E-state index >= 15 is 0 Å². The Balaban J connectivity index is 1.45. The Morgan fingerprint density at radius 2 is 1.81 bits per heavy atom. The lowest BCUT2D eigenvalue weighted by Gasteiger charge is -2.10. The van der Waals surface area contributed by atoms with E-state index in [0.29, 0.717) is 29.5 Å². The van der Waals surface area contributed by atoms with Gasteiger partial charge in [0.25, 0.3) is 5.91 Å². The first-order valence-electron chi connectivity index (χ1n) is 12.3. The van der Waals surface area contributed by atoms with Crippen LogP contribution in [-0.2, 0) is 0 Å². The van der Waals surface area contributed by atoms with Crippen LogP contribution >= 0.6 is 0 Å². The van der Waals surface area contributed by atoms with E-state index in [1.54, 1.807) is 27.7 Å². The fourth-order valence-electron chi connectivity index (χ4n) is 4.20. The van der Waals surface area contributed by atoms with Gasteiger partial charge in [0.1, 0.15) is 17.9 Å². The summed E-state index contributed by atoms with van der Waals surface area (Å²) in [5.41, 5.74) is 5.12. The van der Waals surface area contributed by atoms with E-state index in [1.165, 1.54) is 11.9 Å². The molecule has 0 aliphatic rings. The van der Waals surface area contributed by atoms with Gasteiger partial charge < -0.3 is 10.1 Å². The van der Waals surface area contributed by atoms with Crippen LogP contribution in [0.5, 0.6) is 5.75 Å². The number of hydrogen-bond acceptors (Lipinski definition) is 6. The highest BCUT2D eigenvalue weighted by atomic mass is 16.5. The highest BCUT2D eigenvalue weighted by molar-refractivity contribution is 6.04. The summed E-state index contributed by atoms with van der Waals surface area (Å²) in [6.45, 7) is 8.75. The first-order chi connectivity index (χ1) is 17.9. The number of aromatic nitrogens is 6. The molecule has 3 heterocycles. The van der Waals surface area contributed by atoms with Crippen LogP contribution in [0.4, 0.5) is 5.82 Å². The maximum absolute atomic E-state index is 13.1. The summed E-state index contributed by atoms with van der Waals surface area (Å²) in [4.78, 5) is 22.0. The fourth-order valence-corrected chi connectivity index (χ4v) is 4.20. The predicted octanol–water partition coefficient (Wildman–Crippen LogP) is 5.36. The van der Waals surface area contributed by atoms with Crippen LogP contribution < -0.4 is 10.1 Å². The number of amides is 1. The quantitative estimate of drug-likeness (QED) is 0.291. The third-order valence-corrected chi connectivity index (χ3v) is 6.08. The van der Waals surface area contributed by atoms with E-state index in [0.717, 1.165) is 40.9 Å². The standard InChI is InChI=1S/C28H29N7O2/c1-5-6-13-37-22-10-8-21(9-11-22)28(36)32-25-15-20(4)33-35(25)27-23-16-31-34(26(23)29-17-30-27)24-12-7-18(2)14-19(24)3/h7-12,14-17H,5-6,13H2,1-4H3,(H,32,36). The van der Waals surface area contributed by atoms with E-state index in [1.807, 2.05) is 44.2 Å². The summed E-state index contributed by atoms with van der Waals surface area (Å²) in [5, 5.41) is 12.9. The number of aryl methyl sites for hydroxylation is 3. The zero-order valence-corrected chi connectivity index (χ0v) is 21.4. The maximum Gasteiger partial charge on any atom is 0.256 e. The minimum absolute atomic E-state index is 0.252. The van der Waals surface area contributed by atoms with E-state index in [-0.39, 0.29) is 5.91 Å². The first-order valence-corrected chi connectivity index (χ1v) is 12.3. The lowest BCUT2D eigenvalue weighted by atomic mass is 10.1. The van der Waals surface area contributed by atoms with Crippen LogP contribution in [0.2, 0.25) is 0 Å². The number of fused-ring (bicyclic) bond motifs is 1. The number of carbonyl (C=O) groups is 1. The Labute approximate surface area is 215 Å². The fraction of sp³-hybridized carbons (Fsp3) is 0.250. The summed E-state index contributed by atoms with van der Waals surface area (Å²) in [7, 11) is 0. The van der Waals surface area contributed by atoms with E-state index in [2.05, 4.69) is 45.4 Å². The molecule has 0 fully saturated rings. The van der Waals surface area contributed by atoms with Crippen molar-refractivity contribution in [3.63, 3.8) is 0 Å². The van der Waals surface area contributed by atoms with Gasteiger partial charge in [0.2, 0.25) is 0 Å². The third-order valence-electron chi connectivity index (χ3n) is 6.08. The molecule has 5 aromatic rings. The van der Waals surface area contributed by atoms with Crippen LogP contribution in [0.1, 0.15) is 46.9 Å². The number of hydrogen-bond donors (Lipinski definition) is 1. The monoisotopic (exact) mass is 495 g/mol. The van der Waals surface area contributed by atoms with Gasteiger partial charge in [0, 0.05) is 11.6 Å². The van der Waals surface area contributed by atoms with Crippen molar-refractivity contribution < 1.29 is 9.53 Å². The zero-order chi connectivity index (χ0) is 25.9. The van der Waals surface area contributed by atoms with Crippen molar-refractivity contribution >= 4 is 22.8 Å². The van der Waals surface area contributed by atoms with Crippen molar-refractivity contribution in [2.24, 2.45) is 0 Å². The molecule has 0 aliphatic carbocycles. The summed E-state index contributed by atoms with van der Waals surface area (Å²) in [5.74, 6) is 1.53. The second-order valence-electron chi connectivity index (χ2n) is 9.04. The molecule has 1 N–H and O–H groups in total. The molecule has 9 nitrogen and oxygen atoms in total. The SMILES string of the molecule is CCCCOc1ccc(C(=O)Nc2cc(C)nn2-c2ncnc3c2cnn3-c2ccc(C)cc2C)cc1. The summed E-state index contributed by atoms with van der Waals surface area (Å²) in [6.07, 6.45) is 5.27. The lowest BCUT2D eigenvalue weighted by molar-refractivity contribution is 0.102. The average molecular weight is 496 g/mol. The molecule has 2 aromatic carbocycles. The Morgan fingerprint density at radius 1 is 1.00 bits per heavy atom. The Bertz CT molecular complexity index is 1570. The van der Waals surface area contributed by atoms with E-state index < -0.39 is 0 Å². The smallest absolute Gasteiger partial charge is 0.256 e. The van der Waals surface area contributed by atoms with Gasteiger partial charge in [-0.25, -0.2) is 14.6 Å². The number of rotatable bonds is 8. The number of benzene rings is 2. The molecule has 37 heavy (non-hydrogen) atoms. The Kier molecular flexibility index (Phi) is 6.68. The molecule has 0 atom stereocenters. The van der Waals surface area contributed by atoms with Crippen molar-refractivity contribution in [2.45, 2.75) is 40.5 Å². The number of carbonyl (C=O) groups excluding carboxylic acids is 1. The van der Waals surface area contributed by atoms with Gasteiger partial charge in [0.15, 0.2) is 11.5 Å². The molecule has 0 spiro atoms. The average Bonchev–Trinajstić information content (AvgIpc) is 3.48. The highest BCUT2D eigenvalue weighted by Gasteiger charge is 2.18. The Hall–Kier alpha value is -4.53. The number of nitrogens with zero attached hydrogens (tertiary/aromatic N) is 6. The summed E-state index contributed by atoms with van der Waals surface area (Å²) < 4.78 is 9.12. The summed E-state index contributed by atoms with van der Waals surface area (Å²) in [6, 6.07) is 15.1. The zero-order valence-electron chi connectivity index (χ0n) is 21.4. The van der Waals surface area contributed by atoms with Crippen molar-refractivity contribution in [3.05, 3.63) is 83.4 Å².